The van der Waals surface area contributed by atoms with Crippen molar-refractivity contribution in [2.75, 3.05) is 4.90 Å². The number of hydrogen-bond donors (Lipinski definition) is 0. The van der Waals surface area contributed by atoms with Gasteiger partial charge in [0.2, 0.25) is 0 Å². The zero-order valence-electron chi connectivity index (χ0n) is 29.8. The van der Waals surface area contributed by atoms with Crippen LogP contribution in [0.1, 0.15) is 25.0 Å². The summed E-state index contributed by atoms with van der Waals surface area (Å²) in [6.45, 7) is 4.71. The second-order valence-corrected chi connectivity index (χ2v) is 15.6. The van der Waals surface area contributed by atoms with E-state index in [1.54, 1.807) is 0 Å². The van der Waals surface area contributed by atoms with Crippen LogP contribution in [-0.2, 0) is 5.41 Å². The molecule has 0 unspecified atom stereocenters. The van der Waals surface area contributed by atoms with Crippen LogP contribution in [0, 0.1) is 0 Å². The number of fused-ring (bicyclic) bond motifs is 6. The molecule has 0 radical (unpaired) electrons. The molecular weight excluding hydrogens is 659 g/mol. The lowest BCUT2D eigenvalue weighted by atomic mass is 9.82. The molecule has 1 nitrogen and oxygen atoms in total. The van der Waals surface area contributed by atoms with E-state index in [1.165, 1.54) is 75.8 Å². The molecule has 1 aliphatic rings. The molecule has 0 bridgehead atoms. The molecule has 10 rings (SSSR count). The Balaban J connectivity index is 1.08. The monoisotopic (exact) mass is 695 g/mol. The second-order valence-electron chi connectivity index (χ2n) is 14.5. The summed E-state index contributed by atoms with van der Waals surface area (Å²) in [5.41, 5.74) is 16.1. The fourth-order valence-electron chi connectivity index (χ4n) is 8.43. The Morgan fingerprint density at radius 2 is 0.925 bits per heavy atom. The van der Waals surface area contributed by atoms with Crippen LogP contribution >= 0.6 is 11.3 Å². The largest absolute Gasteiger partial charge is 0.310 e. The summed E-state index contributed by atoms with van der Waals surface area (Å²) < 4.78 is 2.66. The Hall–Kier alpha value is -6.22. The van der Waals surface area contributed by atoms with Crippen molar-refractivity contribution < 1.29 is 0 Å². The number of benzene rings is 8. The molecule has 1 heterocycles. The summed E-state index contributed by atoms with van der Waals surface area (Å²) in [4.78, 5) is 2.40. The summed E-state index contributed by atoms with van der Waals surface area (Å²) in [5.74, 6) is 0. The Labute approximate surface area is 315 Å². The first-order valence-electron chi connectivity index (χ1n) is 18.3. The van der Waals surface area contributed by atoms with Gasteiger partial charge in [-0.1, -0.05) is 159 Å². The van der Waals surface area contributed by atoms with Crippen LogP contribution in [0.5, 0.6) is 0 Å². The fourth-order valence-corrected chi connectivity index (χ4v) is 9.66. The maximum absolute atomic E-state index is 2.41. The zero-order chi connectivity index (χ0) is 35.5. The van der Waals surface area contributed by atoms with Crippen LogP contribution in [0.4, 0.5) is 17.1 Å². The normalized spacial score (nSPS) is 12.9. The van der Waals surface area contributed by atoms with Crippen LogP contribution in [0.15, 0.2) is 188 Å². The van der Waals surface area contributed by atoms with Gasteiger partial charge in [-0.25, -0.2) is 0 Å². The third-order valence-electron chi connectivity index (χ3n) is 11.1. The van der Waals surface area contributed by atoms with Gasteiger partial charge < -0.3 is 4.90 Å². The third-order valence-corrected chi connectivity index (χ3v) is 12.3. The minimum Gasteiger partial charge on any atom is -0.310 e. The smallest absolute Gasteiger partial charge is 0.0465 e. The minimum atomic E-state index is -0.0877. The molecular formula is C51H37NS. The van der Waals surface area contributed by atoms with Gasteiger partial charge in [0, 0.05) is 48.2 Å². The van der Waals surface area contributed by atoms with Gasteiger partial charge in [-0.2, -0.15) is 0 Å². The molecule has 0 spiro atoms. The van der Waals surface area contributed by atoms with Gasteiger partial charge in [0.15, 0.2) is 0 Å². The average molecular weight is 696 g/mol. The van der Waals surface area contributed by atoms with Gasteiger partial charge in [-0.05, 0) is 92.5 Å². The van der Waals surface area contributed by atoms with E-state index in [0.29, 0.717) is 0 Å². The van der Waals surface area contributed by atoms with E-state index >= 15 is 0 Å². The van der Waals surface area contributed by atoms with Crippen LogP contribution in [0.2, 0.25) is 0 Å². The quantitative estimate of drug-likeness (QED) is 0.167. The van der Waals surface area contributed by atoms with Gasteiger partial charge in [0.05, 0.1) is 0 Å². The highest BCUT2D eigenvalue weighted by atomic mass is 32.1. The summed E-state index contributed by atoms with van der Waals surface area (Å²) >= 11 is 1.89. The molecule has 252 valence electrons. The first-order valence-corrected chi connectivity index (χ1v) is 19.2. The first kappa shape index (κ1) is 31.5. The van der Waals surface area contributed by atoms with Crippen molar-refractivity contribution in [3.8, 4) is 44.5 Å². The van der Waals surface area contributed by atoms with E-state index in [2.05, 4.69) is 207 Å². The predicted molar refractivity (Wildman–Crippen MR) is 228 cm³/mol. The molecule has 0 amide bonds. The number of rotatable bonds is 6. The van der Waals surface area contributed by atoms with Gasteiger partial charge in [-0.15, -0.1) is 11.3 Å². The first-order chi connectivity index (χ1) is 26.0. The summed E-state index contributed by atoms with van der Waals surface area (Å²) in [7, 11) is 0. The van der Waals surface area contributed by atoms with Crippen LogP contribution in [0.25, 0.3) is 64.7 Å². The Morgan fingerprint density at radius 3 is 1.70 bits per heavy atom. The Morgan fingerprint density at radius 1 is 0.377 bits per heavy atom. The SMILES string of the molecule is CC1(C)c2ccccc2-c2ccc(N(c3ccc(-c4ccccc4)cc3)c3ccc(-c4ccccc4-c4cccc5c4sc4ccccc45)cc3)cc21. The molecule has 8 aromatic carbocycles. The molecule has 0 N–H and O–H groups in total. The molecule has 1 aliphatic carbocycles. The van der Waals surface area contributed by atoms with Crippen LogP contribution in [0.3, 0.4) is 0 Å². The molecule has 0 fully saturated rings. The number of nitrogens with zero attached hydrogens (tertiary/aromatic N) is 1. The number of thiophene rings is 1. The summed E-state index contributed by atoms with van der Waals surface area (Å²) in [5, 5.41) is 2.65. The molecule has 9 aromatic rings. The summed E-state index contributed by atoms with van der Waals surface area (Å²) in [6, 6.07) is 69.0. The van der Waals surface area contributed by atoms with Crippen molar-refractivity contribution in [2.24, 2.45) is 0 Å². The van der Waals surface area contributed by atoms with Crippen molar-refractivity contribution in [1.82, 2.24) is 0 Å². The predicted octanol–water partition coefficient (Wildman–Crippen LogP) is 14.8. The van der Waals surface area contributed by atoms with Gasteiger partial charge in [-0.3, -0.25) is 0 Å². The zero-order valence-corrected chi connectivity index (χ0v) is 30.6. The van der Waals surface area contributed by atoms with E-state index in [0.717, 1.165) is 17.1 Å². The van der Waals surface area contributed by atoms with E-state index < -0.39 is 0 Å². The maximum atomic E-state index is 2.41. The number of anilines is 3. The Kier molecular flexibility index (Phi) is 7.42. The van der Waals surface area contributed by atoms with Gasteiger partial charge in [0.25, 0.3) is 0 Å². The third kappa shape index (κ3) is 5.21. The van der Waals surface area contributed by atoms with E-state index in [1.807, 2.05) is 11.3 Å². The summed E-state index contributed by atoms with van der Waals surface area (Å²) in [6.07, 6.45) is 0. The highest BCUT2D eigenvalue weighted by Gasteiger charge is 2.35. The molecule has 0 atom stereocenters. The lowest BCUT2D eigenvalue weighted by Crippen LogP contribution is -2.16. The molecule has 0 aliphatic heterocycles. The van der Waals surface area contributed by atoms with Crippen LogP contribution in [-0.4, -0.2) is 0 Å². The van der Waals surface area contributed by atoms with Crippen molar-refractivity contribution >= 4 is 48.6 Å². The van der Waals surface area contributed by atoms with Crippen molar-refractivity contribution in [2.45, 2.75) is 19.3 Å². The highest BCUT2D eigenvalue weighted by Crippen LogP contribution is 2.51. The van der Waals surface area contributed by atoms with Crippen LogP contribution < -0.4 is 4.90 Å². The maximum Gasteiger partial charge on any atom is 0.0465 e. The van der Waals surface area contributed by atoms with E-state index in [9.17, 15) is 0 Å². The second kappa shape index (κ2) is 12.5. The lowest BCUT2D eigenvalue weighted by Gasteiger charge is -2.28. The number of hydrogen-bond acceptors (Lipinski definition) is 2. The molecule has 53 heavy (non-hydrogen) atoms. The Bertz CT molecular complexity index is 2790. The fraction of sp³-hybridized carbons (Fsp3) is 0.0588. The topological polar surface area (TPSA) is 3.24 Å². The molecule has 0 saturated carbocycles. The average Bonchev–Trinajstić information content (AvgIpc) is 3.71. The van der Waals surface area contributed by atoms with Crippen molar-refractivity contribution in [3.05, 3.63) is 199 Å². The molecule has 1 aromatic heterocycles. The highest BCUT2D eigenvalue weighted by molar-refractivity contribution is 7.26. The van der Waals surface area contributed by atoms with Gasteiger partial charge >= 0.3 is 0 Å². The van der Waals surface area contributed by atoms with Gasteiger partial charge in [0.1, 0.15) is 0 Å². The van der Waals surface area contributed by atoms with E-state index in [4.69, 9.17) is 0 Å². The van der Waals surface area contributed by atoms with Crippen molar-refractivity contribution in [3.63, 3.8) is 0 Å². The molecule has 2 heteroatoms. The van der Waals surface area contributed by atoms with Crippen molar-refractivity contribution in [1.29, 1.82) is 0 Å². The minimum absolute atomic E-state index is 0.0877. The van der Waals surface area contributed by atoms with E-state index in [-0.39, 0.29) is 5.41 Å². The standard InChI is InChI=1S/C51H37NS/c1-51(2)47-21-10-8-17-42(47)43-32-31-39(33-48(43)51)52(37-27-23-35(24-28-37)34-13-4-3-5-14-34)38-29-25-36(26-30-38)40-15-6-7-16-41(40)45-19-12-20-46-44-18-9-11-22-49(44)53-50(45)46/h3-33H,1-2H3. The lowest BCUT2D eigenvalue weighted by molar-refractivity contribution is 0.660. The molecule has 0 saturated heterocycles.